The molecule has 9 rings (SSSR count). The van der Waals surface area contributed by atoms with Crippen LogP contribution in [0.1, 0.15) is 49.7 Å². The van der Waals surface area contributed by atoms with Gasteiger partial charge in [0.15, 0.2) is 0 Å². The maximum Gasteiger partial charge on any atom is 0.0547 e. The number of hydrogen-bond acceptors (Lipinski definition) is 0. The van der Waals surface area contributed by atoms with E-state index >= 15 is 0 Å². The molecule has 0 saturated carbocycles. The lowest BCUT2D eigenvalue weighted by atomic mass is 9.88. The molecule has 2 atom stereocenters. The molecule has 9 aromatic rings. The van der Waals surface area contributed by atoms with Crippen molar-refractivity contribution < 1.29 is 0 Å². The van der Waals surface area contributed by atoms with Gasteiger partial charge in [-0.05, 0) is 107 Å². The van der Waals surface area contributed by atoms with Crippen LogP contribution in [0.5, 0.6) is 0 Å². The fraction of sp³-hybridized carbons (Fsp3) is 0.130. The number of para-hydroxylation sites is 3. The van der Waals surface area contributed by atoms with Gasteiger partial charge in [0.05, 0.1) is 22.1 Å². The van der Waals surface area contributed by atoms with E-state index < -0.39 is 0 Å². The lowest BCUT2D eigenvalue weighted by Crippen LogP contribution is -2.00. The van der Waals surface area contributed by atoms with Gasteiger partial charge in [0, 0.05) is 32.9 Å². The van der Waals surface area contributed by atoms with Gasteiger partial charge in [-0.2, -0.15) is 0 Å². The Hall–Kier alpha value is -5.60. The van der Waals surface area contributed by atoms with Crippen LogP contribution in [0, 0.1) is 0 Å². The van der Waals surface area contributed by atoms with E-state index in [2.05, 4.69) is 181 Å². The van der Waals surface area contributed by atoms with Crippen molar-refractivity contribution >= 4 is 54.4 Å². The molecule has 2 aromatic heterocycles. The third-order valence-corrected chi connectivity index (χ3v) is 10.6. The molecule has 0 spiro atoms. The molecular weight excluding hydrogens is 581 g/mol. The largest absolute Gasteiger partial charge is 0.309 e. The molecule has 2 heteroatoms. The number of benzene rings is 7. The molecule has 0 aliphatic heterocycles. The normalized spacial score (nSPS) is 13.2. The van der Waals surface area contributed by atoms with Crippen LogP contribution in [0.3, 0.4) is 0 Å². The minimum atomic E-state index is 0.450. The zero-order valence-corrected chi connectivity index (χ0v) is 27.5. The molecule has 0 N–H and O–H groups in total. The summed E-state index contributed by atoms with van der Waals surface area (Å²) in [7, 11) is 0. The highest BCUT2D eigenvalue weighted by atomic mass is 15.0. The summed E-state index contributed by atoms with van der Waals surface area (Å²) in [5.41, 5.74) is 10.3. The number of rotatable bonds is 7. The van der Waals surface area contributed by atoms with Gasteiger partial charge in [-0.15, -0.1) is 0 Å². The van der Waals surface area contributed by atoms with Gasteiger partial charge in [0.1, 0.15) is 0 Å². The fourth-order valence-electron chi connectivity index (χ4n) is 7.96. The van der Waals surface area contributed by atoms with Crippen molar-refractivity contribution in [3.63, 3.8) is 0 Å². The number of aromatic nitrogens is 2. The van der Waals surface area contributed by atoms with E-state index in [0.717, 1.165) is 12.8 Å². The zero-order valence-electron chi connectivity index (χ0n) is 27.5. The van der Waals surface area contributed by atoms with Crippen LogP contribution in [0.4, 0.5) is 0 Å². The van der Waals surface area contributed by atoms with E-state index in [0.29, 0.717) is 11.8 Å². The van der Waals surface area contributed by atoms with Crippen molar-refractivity contribution in [1.82, 2.24) is 9.13 Å². The van der Waals surface area contributed by atoms with Crippen LogP contribution in [-0.4, -0.2) is 9.13 Å². The van der Waals surface area contributed by atoms with E-state index in [1.54, 1.807) is 0 Å². The van der Waals surface area contributed by atoms with Crippen LogP contribution in [0.2, 0.25) is 0 Å². The predicted molar refractivity (Wildman–Crippen MR) is 205 cm³/mol. The van der Waals surface area contributed by atoms with Crippen LogP contribution in [0.25, 0.3) is 65.8 Å². The highest BCUT2D eigenvalue weighted by molar-refractivity contribution is 6.21. The summed E-state index contributed by atoms with van der Waals surface area (Å²) < 4.78 is 4.83. The Morgan fingerprint density at radius 2 is 0.875 bits per heavy atom. The van der Waals surface area contributed by atoms with Crippen molar-refractivity contribution in [3.8, 4) is 11.4 Å². The molecule has 0 aliphatic rings. The topological polar surface area (TPSA) is 9.86 Å². The van der Waals surface area contributed by atoms with Crippen LogP contribution in [0.15, 0.2) is 158 Å². The molecule has 0 radical (unpaired) electrons. The molecule has 2 unspecified atom stereocenters. The Morgan fingerprint density at radius 3 is 1.54 bits per heavy atom. The summed E-state index contributed by atoms with van der Waals surface area (Å²) in [5.74, 6) is 0.911. The molecule has 2 nitrogen and oxygen atoms in total. The quantitative estimate of drug-likeness (QED) is 0.168. The van der Waals surface area contributed by atoms with Crippen molar-refractivity contribution in [2.75, 3.05) is 0 Å². The molecule has 7 aromatic carbocycles. The highest BCUT2D eigenvalue weighted by Crippen LogP contribution is 2.40. The molecule has 0 fully saturated rings. The smallest absolute Gasteiger partial charge is 0.0547 e. The molecule has 0 amide bonds. The van der Waals surface area contributed by atoms with Crippen molar-refractivity contribution in [2.45, 2.75) is 38.5 Å². The monoisotopic (exact) mass is 618 g/mol. The summed E-state index contributed by atoms with van der Waals surface area (Å²) in [5, 5.41) is 7.93. The average Bonchev–Trinajstić information content (AvgIpc) is 3.67. The molecule has 0 aliphatic carbocycles. The van der Waals surface area contributed by atoms with E-state index in [4.69, 9.17) is 0 Å². The highest BCUT2D eigenvalue weighted by Gasteiger charge is 2.19. The second-order valence-corrected chi connectivity index (χ2v) is 13.5. The summed E-state index contributed by atoms with van der Waals surface area (Å²) >= 11 is 0. The first-order valence-corrected chi connectivity index (χ1v) is 17.3. The Morgan fingerprint density at radius 1 is 0.396 bits per heavy atom. The van der Waals surface area contributed by atoms with E-state index in [-0.39, 0.29) is 0 Å². The Labute approximate surface area is 281 Å². The van der Waals surface area contributed by atoms with Crippen molar-refractivity contribution in [3.05, 3.63) is 169 Å². The standard InChI is InChI=1S/C46H38N2/c1-31(34-24-26-43-40(29-34)39-19-11-12-20-42(39)47(43)36-14-5-3-6-15-36)21-22-32(2)35-25-27-44-41(30-35)46-38-18-10-9-13-33(38)23-28-45(46)48(44)37-16-7-4-8-17-37/h3-20,23-32H,21-22H2,1-2H3. The first kappa shape index (κ1) is 28.6. The SMILES string of the molecule is CC(CCC(C)c1ccc2c(c1)c1c3ccccc3ccc1n2-c1ccccc1)c1ccc2c(c1)c1ccccc1n2-c1ccccc1. The van der Waals surface area contributed by atoms with Gasteiger partial charge in [-0.25, -0.2) is 0 Å². The van der Waals surface area contributed by atoms with E-state index in [1.165, 1.54) is 76.9 Å². The lowest BCUT2D eigenvalue weighted by Gasteiger charge is -2.17. The molecule has 0 bridgehead atoms. The Balaban J connectivity index is 1.05. The zero-order chi connectivity index (χ0) is 32.2. The minimum absolute atomic E-state index is 0.450. The molecule has 2 heterocycles. The summed E-state index contributed by atoms with van der Waals surface area (Å²) in [6.45, 7) is 4.80. The molecule has 0 saturated heterocycles. The maximum absolute atomic E-state index is 2.48. The fourth-order valence-corrected chi connectivity index (χ4v) is 7.96. The molecular formula is C46H38N2. The first-order valence-electron chi connectivity index (χ1n) is 17.3. The lowest BCUT2D eigenvalue weighted by molar-refractivity contribution is 0.574. The molecule has 48 heavy (non-hydrogen) atoms. The van der Waals surface area contributed by atoms with Gasteiger partial charge in [0.25, 0.3) is 0 Å². The first-order chi connectivity index (χ1) is 23.7. The molecule has 232 valence electrons. The summed E-state index contributed by atoms with van der Waals surface area (Å²) in [6.07, 6.45) is 2.27. The second kappa shape index (κ2) is 11.6. The summed E-state index contributed by atoms with van der Waals surface area (Å²) in [6, 6.07) is 58.0. The van der Waals surface area contributed by atoms with Crippen molar-refractivity contribution in [1.29, 1.82) is 0 Å². The van der Waals surface area contributed by atoms with Gasteiger partial charge < -0.3 is 9.13 Å². The Kier molecular flexibility index (Phi) is 6.90. The van der Waals surface area contributed by atoms with Gasteiger partial charge >= 0.3 is 0 Å². The predicted octanol–water partition coefficient (Wildman–Crippen LogP) is 12.7. The minimum Gasteiger partial charge on any atom is -0.309 e. The number of fused-ring (bicyclic) bond motifs is 8. The maximum atomic E-state index is 2.48. The van der Waals surface area contributed by atoms with Crippen LogP contribution >= 0.6 is 0 Å². The third kappa shape index (κ3) is 4.63. The number of nitrogens with zero attached hydrogens (tertiary/aromatic N) is 2. The Bertz CT molecular complexity index is 2590. The second-order valence-electron chi connectivity index (χ2n) is 13.5. The van der Waals surface area contributed by atoms with Crippen LogP contribution < -0.4 is 0 Å². The summed E-state index contributed by atoms with van der Waals surface area (Å²) in [4.78, 5) is 0. The van der Waals surface area contributed by atoms with Gasteiger partial charge in [-0.3, -0.25) is 0 Å². The van der Waals surface area contributed by atoms with Gasteiger partial charge in [-0.1, -0.05) is 111 Å². The average molecular weight is 619 g/mol. The van der Waals surface area contributed by atoms with Crippen molar-refractivity contribution in [2.24, 2.45) is 0 Å². The third-order valence-electron chi connectivity index (χ3n) is 10.6. The van der Waals surface area contributed by atoms with E-state index in [1.807, 2.05) is 0 Å². The number of hydrogen-bond donors (Lipinski definition) is 0. The van der Waals surface area contributed by atoms with Gasteiger partial charge in [0.2, 0.25) is 0 Å². The van der Waals surface area contributed by atoms with Crippen LogP contribution in [-0.2, 0) is 0 Å². The van der Waals surface area contributed by atoms with E-state index in [9.17, 15) is 0 Å².